The predicted octanol–water partition coefficient (Wildman–Crippen LogP) is 3.94. The summed E-state index contributed by atoms with van der Waals surface area (Å²) in [6.45, 7) is 0. The first-order valence-corrected chi connectivity index (χ1v) is 12.4. The van der Waals surface area contributed by atoms with E-state index in [0.717, 1.165) is 11.0 Å². The van der Waals surface area contributed by atoms with Crippen LogP contribution >= 0.6 is 0 Å². The van der Waals surface area contributed by atoms with E-state index in [9.17, 15) is 13.0 Å². The maximum absolute atomic E-state index is 12.7. The van der Waals surface area contributed by atoms with Crippen LogP contribution < -0.4 is 11.7 Å². The first-order chi connectivity index (χ1) is 17.3. The van der Waals surface area contributed by atoms with E-state index in [1.165, 1.54) is 10.7 Å². The van der Waals surface area contributed by atoms with Crippen LogP contribution in [0.3, 0.4) is 0 Å². The number of aromatic nitrogens is 4. The van der Waals surface area contributed by atoms with Gasteiger partial charge in [0.05, 0.1) is 44.8 Å². The maximum Gasteiger partial charge on any atom is 0.297 e. The van der Waals surface area contributed by atoms with Crippen molar-refractivity contribution in [1.82, 2.24) is 19.3 Å². The van der Waals surface area contributed by atoms with Crippen LogP contribution in [-0.4, -0.2) is 32.3 Å². The summed E-state index contributed by atoms with van der Waals surface area (Å²) in [5.74, 6) is 12.8. The highest BCUT2D eigenvalue weighted by atomic mass is 32.2. The van der Waals surface area contributed by atoms with E-state index in [2.05, 4.69) is 9.97 Å². The second kappa shape index (κ2) is 7.94. The van der Waals surface area contributed by atoms with E-state index in [-0.39, 0.29) is 16.0 Å². The van der Waals surface area contributed by atoms with Crippen molar-refractivity contribution in [3.8, 4) is 11.1 Å². The molecule has 0 amide bonds. The van der Waals surface area contributed by atoms with Gasteiger partial charge >= 0.3 is 0 Å². The molecule has 0 spiro atoms. The lowest BCUT2D eigenvalue weighted by molar-refractivity contribution is 0.484. The molecule has 5 heterocycles. The third-order valence-electron chi connectivity index (χ3n) is 6.06. The van der Waals surface area contributed by atoms with Gasteiger partial charge in [-0.1, -0.05) is 30.3 Å². The Hall–Kier alpha value is -4.67. The number of hydrogen-bond acceptors (Lipinski definition) is 6. The second-order valence-electron chi connectivity index (χ2n) is 8.41. The van der Waals surface area contributed by atoms with Crippen LogP contribution in [-0.2, 0) is 10.1 Å². The summed E-state index contributed by atoms with van der Waals surface area (Å²) in [5, 5.41) is 0. The average molecular weight is 497 g/mol. The zero-order valence-electron chi connectivity index (χ0n) is 18.8. The average Bonchev–Trinajstić information content (AvgIpc) is 3.61. The van der Waals surface area contributed by atoms with Crippen LogP contribution in [0.2, 0.25) is 0 Å². The molecule has 2 aliphatic rings. The highest BCUT2D eigenvalue weighted by Gasteiger charge is 2.26. The van der Waals surface area contributed by atoms with Gasteiger partial charge in [0.25, 0.3) is 10.1 Å². The highest BCUT2D eigenvalue weighted by Crippen LogP contribution is 2.37. The van der Waals surface area contributed by atoms with Gasteiger partial charge in [0.15, 0.2) is 0 Å². The van der Waals surface area contributed by atoms with Gasteiger partial charge in [-0.2, -0.15) is 8.42 Å². The number of nitrogens with two attached hydrogens (primary N) is 2. The molecule has 8 bridgehead atoms. The van der Waals surface area contributed by atoms with Gasteiger partial charge in [0.2, 0.25) is 0 Å². The summed E-state index contributed by atoms with van der Waals surface area (Å²) in [4.78, 5) is 8.90. The summed E-state index contributed by atoms with van der Waals surface area (Å²) in [5.41, 5.74) is 5.07. The molecule has 0 aliphatic carbocycles. The Balaban J connectivity index is 1.84. The van der Waals surface area contributed by atoms with Gasteiger partial charge in [-0.25, -0.2) is 9.97 Å². The normalized spacial score (nSPS) is 12.8. The minimum absolute atomic E-state index is 0.0853. The van der Waals surface area contributed by atoms with Gasteiger partial charge < -0.3 is 11.7 Å². The molecule has 1 aromatic carbocycles. The van der Waals surface area contributed by atoms with Gasteiger partial charge in [-0.3, -0.25) is 13.9 Å². The van der Waals surface area contributed by atoms with E-state index in [1.807, 2.05) is 36.4 Å². The standard InChI is InChI=1S/C26H20N6O3S/c27-31-21-10-11-22(31)13-18-7-9-20(30-18)15-24-26(36(33,34)35)25(16-4-2-1-3-5-16)23(32(24)28)14-19-8-6-17(12-21)29-19/h1-15H,27-28H2,(H,33,34,35). The molecular formula is C26H20N6O3S. The van der Waals surface area contributed by atoms with Crippen LogP contribution in [0.25, 0.3) is 57.5 Å². The maximum atomic E-state index is 12.7. The molecule has 10 heteroatoms. The van der Waals surface area contributed by atoms with Crippen LogP contribution in [0, 0.1) is 0 Å². The number of hydrogen-bond donors (Lipinski definition) is 3. The third-order valence-corrected chi connectivity index (χ3v) is 6.99. The van der Waals surface area contributed by atoms with Crippen molar-refractivity contribution in [2.24, 2.45) is 0 Å². The molecule has 6 rings (SSSR count). The lowest BCUT2D eigenvalue weighted by atomic mass is 10.1. The summed E-state index contributed by atoms with van der Waals surface area (Å²) in [6, 6.07) is 19.5. The second-order valence-corrected chi connectivity index (χ2v) is 9.76. The molecule has 0 unspecified atom stereocenters. The molecule has 2 aliphatic heterocycles. The third kappa shape index (κ3) is 3.65. The number of nitrogens with zero attached hydrogens (tertiary/aromatic N) is 4. The highest BCUT2D eigenvalue weighted by molar-refractivity contribution is 7.86. The molecule has 0 saturated carbocycles. The smallest absolute Gasteiger partial charge is 0.297 e. The summed E-state index contributed by atoms with van der Waals surface area (Å²) in [7, 11) is -4.69. The van der Waals surface area contributed by atoms with Crippen LogP contribution in [0.5, 0.6) is 0 Å². The molecule has 178 valence electrons. The number of fused-ring (bicyclic) bond motifs is 8. The van der Waals surface area contributed by atoms with E-state index in [4.69, 9.17) is 11.7 Å². The van der Waals surface area contributed by atoms with Gasteiger partial charge in [0.1, 0.15) is 4.90 Å². The van der Waals surface area contributed by atoms with Crippen molar-refractivity contribution in [2.75, 3.05) is 11.7 Å². The largest absolute Gasteiger partial charge is 0.339 e. The Labute approximate surface area is 206 Å². The fourth-order valence-corrected chi connectivity index (χ4v) is 5.34. The molecule has 0 radical (unpaired) electrons. The lowest BCUT2D eigenvalue weighted by Crippen LogP contribution is -2.08. The minimum atomic E-state index is -4.69. The van der Waals surface area contributed by atoms with Crippen LogP contribution in [0.4, 0.5) is 0 Å². The fraction of sp³-hybridized carbons (Fsp3) is 0. The van der Waals surface area contributed by atoms with Gasteiger partial charge in [-0.15, -0.1) is 0 Å². The van der Waals surface area contributed by atoms with Crippen LogP contribution in [0.1, 0.15) is 22.8 Å². The quantitative estimate of drug-likeness (QED) is 0.243. The van der Waals surface area contributed by atoms with E-state index in [1.54, 1.807) is 53.2 Å². The Morgan fingerprint density at radius 2 is 1.17 bits per heavy atom. The van der Waals surface area contributed by atoms with Crippen molar-refractivity contribution >= 4 is 56.5 Å². The van der Waals surface area contributed by atoms with Crippen molar-refractivity contribution in [3.05, 3.63) is 89.5 Å². The Morgan fingerprint density at radius 3 is 1.69 bits per heavy atom. The number of rotatable bonds is 2. The lowest BCUT2D eigenvalue weighted by Gasteiger charge is -2.03. The van der Waals surface area contributed by atoms with Crippen molar-refractivity contribution < 1.29 is 13.0 Å². The van der Waals surface area contributed by atoms with E-state index in [0.29, 0.717) is 33.9 Å². The minimum Gasteiger partial charge on any atom is -0.339 e. The van der Waals surface area contributed by atoms with Crippen molar-refractivity contribution in [3.63, 3.8) is 0 Å². The zero-order valence-corrected chi connectivity index (χ0v) is 19.6. The molecule has 0 fully saturated rings. The number of nitrogen functional groups attached to an aromatic ring is 2. The van der Waals surface area contributed by atoms with Crippen molar-refractivity contribution in [1.29, 1.82) is 0 Å². The first kappa shape index (κ1) is 21.8. The SMILES string of the molecule is Nn1c2ccc1cc1nc(cc3c(S(=O)(=O)O)c(-c4ccccc4)c(cc4nc(c2)C=C4)n3N)C=C1. The zero-order chi connectivity index (χ0) is 25.0. The Kier molecular flexibility index (Phi) is 4.82. The monoisotopic (exact) mass is 496 g/mol. The van der Waals surface area contributed by atoms with E-state index < -0.39 is 10.1 Å². The molecule has 4 aromatic rings. The molecule has 5 N–H and O–H groups in total. The predicted molar refractivity (Wildman–Crippen MR) is 142 cm³/mol. The summed E-state index contributed by atoms with van der Waals surface area (Å²) < 4.78 is 38.5. The molecular weight excluding hydrogens is 476 g/mol. The Morgan fingerprint density at radius 1 is 0.667 bits per heavy atom. The summed E-state index contributed by atoms with van der Waals surface area (Å²) in [6.07, 6.45) is 7.14. The van der Waals surface area contributed by atoms with E-state index >= 15 is 0 Å². The molecule has 3 aromatic heterocycles. The number of benzene rings is 1. The topological polar surface area (TPSA) is 142 Å². The van der Waals surface area contributed by atoms with Crippen molar-refractivity contribution in [2.45, 2.75) is 4.90 Å². The molecule has 0 saturated heterocycles. The fourth-order valence-electron chi connectivity index (χ4n) is 4.43. The van der Waals surface area contributed by atoms with Crippen LogP contribution in [0.15, 0.2) is 71.6 Å². The van der Waals surface area contributed by atoms with Gasteiger partial charge in [0, 0.05) is 5.56 Å². The molecule has 36 heavy (non-hydrogen) atoms. The Bertz CT molecular complexity index is 1880. The van der Waals surface area contributed by atoms with Gasteiger partial charge in [-0.05, 0) is 66.3 Å². The molecule has 0 atom stereocenters. The summed E-state index contributed by atoms with van der Waals surface area (Å²) >= 11 is 0. The molecule has 9 nitrogen and oxygen atoms in total. The first-order valence-electron chi connectivity index (χ1n) is 11.0.